The standard InChI is InChI=1S/C10H15N5O2/c1-2-17-4-7(16)3-15-6-14-8-9(11)12-5-13-10(8)15/h5-7,16H,2-4H2,1H3,(H2,11,12,13)/t7-/m0/s1. The summed E-state index contributed by atoms with van der Waals surface area (Å²) in [6.07, 6.45) is 2.37. The quantitative estimate of drug-likeness (QED) is 0.747. The van der Waals surface area contributed by atoms with Gasteiger partial charge in [0.25, 0.3) is 0 Å². The number of imidazole rings is 1. The van der Waals surface area contributed by atoms with Crippen LogP contribution in [0, 0.1) is 0 Å². The third-order valence-electron chi connectivity index (χ3n) is 2.35. The number of nitrogens with two attached hydrogens (primary N) is 1. The Morgan fingerprint density at radius 1 is 1.47 bits per heavy atom. The van der Waals surface area contributed by atoms with Gasteiger partial charge < -0.3 is 20.1 Å². The molecule has 2 heterocycles. The molecule has 0 aliphatic heterocycles. The first-order chi connectivity index (χ1) is 8.22. The molecule has 0 unspecified atom stereocenters. The maximum Gasteiger partial charge on any atom is 0.165 e. The number of aliphatic hydroxyl groups is 1. The number of hydrogen-bond acceptors (Lipinski definition) is 6. The first kappa shape index (κ1) is 11.7. The minimum atomic E-state index is -0.594. The number of aliphatic hydroxyl groups excluding tert-OH is 1. The first-order valence-corrected chi connectivity index (χ1v) is 5.39. The highest BCUT2D eigenvalue weighted by Crippen LogP contribution is 2.14. The predicted octanol–water partition coefficient (Wildman–Crippen LogP) is -0.194. The van der Waals surface area contributed by atoms with Crippen LogP contribution in [0.4, 0.5) is 5.82 Å². The topological polar surface area (TPSA) is 99.1 Å². The predicted molar refractivity (Wildman–Crippen MR) is 62.2 cm³/mol. The summed E-state index contributed by atoms with van der Waals surface area (Å²) in [5.41, 5.74) is 6.84. The van der Waals surface area contributed by atoms with Gasteiger partial charge in [0.1, 0.15) is 11.8 Å². The van der Waals surface area contributed by atoms with Gasteiger partial charge in [0.2, 0.25) is 0 Å². The second-order valence-electron chi connectivity index (χ2n) is 3.64. The first-order valence-electron chi connectivity index (χ1n) is 5.39. The van der Waals surface area contributed by atoms with Crippen LogP contribution in [-0.2, 0) is 11.3 Å². The second-order valence-corrected chi connectivity index (χ2v) is 3.64. The Hall–Kier alpha value is -1.73. The van der Waals surface area contributed by atoms with E-state index in [0.29, 0.717) is 30.1 Å². The number of aromatic nitrogens is 4. The average Bonchev–Trinajstić information content (AvgIpc) is 2.71. The van der Waals surface area contributed by atoms with Crippen LogP contribution in [0.2, 0.25) is 0 Å². The van der Waals surface area contributed by atoms with Gasteiger partial charge >= 0.3 is 0 Å². The van der Waals surface area contributed by atoms with Gasteiger partial charge in [-0.2, -0.15) is 0 Å². The highest BCUT2D eigenvalue weighted by molar-refractivity contribution is 5.81. The van der Waals surface area contributed by atoms with Gasteiger partial charge in [0, 0.05) is 6.61 Å². The van der Waals surface area contributed by atoms with E-state index in [-0.39, 0.29) is 6.61 Å². The lowest BCUT2D eigenvalue weighted by Crippen LogP contribution is -2.21. The molecule has 0 amide bonds. The molecular formula is C10H15N5O2. The van der Waals surface area contributed by atoms with Crippen molar-refractivity contribution in [3.63, 3.8) is 0 Å². The number of nitrogens with zero attached hydrogens (tertiary/aromatic N) is 4. The largest absolute Gasteiger partial charge is 0.389 e. The van der Waals surface area contributed by atoms with E-state index in [1.165, 1.54) is 6.33 Å². The van der Waals surface area contributed by atoms with Gasteiger partial charge in [-0.25, -0.2) is 15.0 Å². The molecule has 0 bridgehead atoms. The van der Waals surface area contributed by atoms with Crippen molar-refractivity contribution >= 4 is 17.0 Å². The third kappa shape index (κ3) is 2.51. The summed E-state index contributed by atoms with van der Waals surface area (Å²) in [6, 6.07) is 0. The normalized spacial score (nSPS) is 13.1. The average molecular weight is 237 g/mol. The molecule has 0 saturated heterocycles. The molecule has 2 rings (SSSR count). The molecule has 3 N–H and O–H groups in total. The van der Waals surface area contributed by atoms with E-state index in [1.807, 2.05) is 6.92 Å². The lowest BCUT2D eigenvalue weighted by Gasteiger charge is -2.11. The molecule has 7 nitrogen and oxygen atoms in total. The van der Waals surface area contributed by atoms with E-state index in [4.69, 9.17) is 10.5 Å². The Morgan fingerprint density at radius 2 is 2.29 bits per heavy atom. The van der Waals surface area contributed by atoms with E-state index in [9.17, 15) is 5.11 Å². The number of anilines is 1. The number of ether oxygens (including phenoxy) is 1. The van der Waals surface area contributed by atoms with Crippen molar-refractivity contribution in [2.75, 3.05) is 18.9 Å². The number of fused-ring (bicyclic) bond motifs is 1. The van der Waals surface area contributed by atoms with Crippen LogP contribution in [-0.4, -0.2) is 43.9 Å². The summed E-state index contributed by atoms with van der Waals surface area (Å²) >= 11 is 0. The molecule has 0 aliphatic rings. The van der Waals surface area contributed by atoms with Crippen LogP contribution in [0.25, 0.3) is 11.2 Å². The Kier molecular flexibility index (Phi) is 3.50. The Bertz CT molecular complexity index is 498. The maximum atomic E-state index is 9.73. The molecule has 0 aliphatic carbocycles. The third-order valence-corrected chi connectivity index (χ3v) is 2.35. The van der Waals surface area contributed by atoms with Crippen LogP contribution in [0.5, 0.6) is 0 Å². The molecule has 0 fully saturated rings. The van der Waals surface area contributed by atoms with E-state index in [2.05, 4.69) is 15.0 Å². The number of nitrogen functional groups attached to an aromatic ring is 1. The molecule has 0 spiro atoms. The minimum Gasteiger partial charge on any atom is -0.389 e. The van der Waals surface area contributed by atoms with Gasteiger partial charge in [0.15, 0.2) is 11.5 Å². The summed E-state index contributed by atoms with van der Waals surface area (Å²) in [7, 11) is 0. The molecule has 0 radical (unpaired) electrons. The van der Waals surface area contributed by atoms with Gasteiger partial charge in [-0.05, 0) is 6.92 Å². The lowest BCUT2D eigenvalue weighted by molar-refractivity contribution is 0.0340. The molecule has 7 heteroatoms. The second kappa shape index (κ2) is 5.07. The van der Waals surface area contributed by atoms with Crippen molar-refractivity contribution in [2.24, 2.45) is 0 Å². The van der Waals surface area contributed by atoms with E-state index < -0.39 is 6.10 Å². The molecular weight excluding hydrogens is 222 g/mol. The molecule has 2 aromatic heterocycles. The Labute approximate surface area is 98.3 Å². The van der Waals surface area contributed by atoms with Crippen LogP contribution in [0.15, 0.2) is 12.7 Å². The maximum absolute atomic E-state index is 9.73. The summed E-state index contributed by atoms with van der Waals surface area (Å²) < 4.78 is 6.87. The van der Waals surface area contributed by atoms with Gasteiger partial charge in [-0.3, -0.25) is 0 Å². The lowest BCUT2D eigenvalue weighted by atomic mass is 10.3. The molecule has 0 aromatic carbocycles. The molecule has 17 heavy (non-hydrogen) atoms. The number of hydrogen-bond donors (Lipinski definition) is 2. The SMILES string of the molecule is CCOC[C@@H](O)Cn1cnc2c(N)ncnc21. The van der Waals surface area contributed by atoms with Crippen molar-refractivity contribution in [1.82, 2.24) is 19.5 Å². The van der Waals surface area contributed by atoms with Gasteiger partial charge in [0.05, 0.1) is 25.6 Å². The fraction of sp³-hybridized carbons (Fsp3) is 0.500. The smallest absolute Gasteiger partial charge is 0.165 e. The van der Waals surface area contributed by atoms with Gasteiger partial charge in [-0.15, -0.1) is 0 Å². The fourth-order valence-electron chi connectivity index (χ4n) is 1.57. The zero-order chi connectivity index (χ0) is 12.3. The zero-order valence-electron chi connectivity index (χ0n) is 9.58. The van der Waals surface area contributed by atoms with E-state index >= 15 is 0 Å². The minimum absolute atomic E-state index is 0.288. The van der Waals surface area contributed by atoms with Crippen molar-refractivity contribution in [2.45, 2.75) is 19.6 Å². The summed E-state index contributed by atoms with van der Waals surface area (Å²) in [5.74, 6) is 0.341. The fourth-order valence-corrected chi connectivity index (χ4v) is 1.57. The van der Waals surface area contributed by atoms with Crippen LogP contribution in [0.3, 0.4) is 0 Å². The van der Waals surface area contributed by atoms with Crippen molar-refractivity contribution in [3.8, 4) is 0 Å². The van der Waals surface area contributed by atoms with Crippen molar-refractivity contribution in [3.05, 3.63) is 12.7 Å². The molecule has 92 valence electrons. The highest BCUT2D eigenvalue weighted by Gasteiger charge is 2.11. The number of rotatable bonds is 5. The van der Waals surface area contributed by atoms with Crippen LogP contribution >= 0.6 is 0 Å². The van der Waals surface area contributed by atoms with Crippen molar-refractivity contribution < 1.29 is 9.84 Å². The molecule has 0 saturated carbocycles. The summed E-state index contributed by atoms with van der Waals surface area (Å²) in [5, 5.41) is 9.73. The van der Waals surface area contributed by atoms with Crippen LogP contribution < -0.4 is 5.73 Å². The monoisotopic (exact) mass is 237 g/mol. The summed E-state index contributed by atoms with van der Waals surface area (Å²) in [6.45, 7) is 3.12. The zero-order valence-corrected chi connectivity index (χ0v) is 9.58. The van der Waals surface area contributed by atoms with Gasteiger partial charge in [-0.1, -0.05) is 0 Å². The van der Waals surface area contributed by atoms with Crippen LogP contribution in [0.1, 0.15) is 6.92 Å². The highest BCUT2D eigenvalue weighted by atomic mass is 16.5. The molecule has 2 aromatic rings. The Balaban J connectivity index is 2.16. The van der Waals surface area contributed by atoms with Crippen molar-refractivity contribution in [1.29, 1.82) is 0 Å². The summed E-state index contributed by atoms with van der Waals surface area (Å²) in [4.78, 5) is 12.1. The molecule has 1 atom stereocenters. The van der Waals surface area contributed by atoms with E-state index in [1.54, 1.807) is 10.9 Å². The Morgan fingerprint density at radius 3 is 3.06 bits per heavy atom. The van der Waals surface area contributed by atoms with E-state index in [0.717, 1.165) is 0 Å².